The molecule has 3 nitrogen and oxygen atoms in total. The van der Waals surface area contributed by atoms with Gasteiger partial charge in [0.25, 0.3) is 0 Å². The Kier molecular flexibility index (Phi) is 3.66. The topological polar surface area (TPSA) is 46.2 Å². The van der Waals surface area contributed by atoms with E-state index in [1.54, 1.807) is 6.92 Å². The van der Waals surface area contributed by atoms with Crippen LogP contribution in [0.1, 0.15) is 25.8 Å². The van der Waals surface area contributed by atoms with E-state index in [0.29, 0.717) is 12.0 Å². The molecule has 1 aliphatic carbocycles. The lowest BCUT2D eigenvalue weighted by atomic mass is 9.67. The number of sulfonamides is 1. The van der Waals surface area contributed by atoms with Gasteiger partial charge in [-0.15, -0.1) is 11.6 Å². The quantitative estimate of drug-likeness (QED) is 0.873. The first-order chi connectivity index (χ1) is 8.64. The van der Waals surface area contributed by atoms with Crippen LogP contribution in [0, 0.1) is 18.2 Å². The summed E-state index contributed by atoms with van der Waals surface area (Å²) < 4.78 is 40.4. The second-order valence-electron chi connectivity index (χ2n) is 5.61. The van der Waals surface area contributed by atoms with E-state index >= 15 is 0 Å². The Morgan fingerprint density at radius 1 is 1.42 bits per heavy atom. The summed E-state index contributed by atoms with van der Waals surface area (Å²) in [5.41, 5.74) is 0.226. The molecule has 0 bridgehead atoms. The lowest BCUT2D eigenvalue weighted by Gasteiger charge is -2.49. The van der Waals surface area contributed by atoms with Gasteiger partial charge < -0.3 is 0 Å². The van der Waals surface area contributed by atoms with Crippen LogP contribution < -0.4 is 4.72 Å². The molecule has 19 heavy (non-hydrogen) atoms. The van der Waals surface area contributed by atoms with Crippen molar-refractivity contribution in [1.29, 1.82) is 0 Å². The maximum absolute atomic E-state index is 13.2. The Morgan fingerprint density at radius 3 is 2.58 bits per heavy atom. The number of nitrogens with one attached hydrogen (secondary N) is 1. The maximum atomic E-state index is 13.2. The second-order valence-corrected chi connectivity index (χ2v) is 7.82. The van der Waals surface area contributed by atoms with E-state index in [-0.39, 0.29) is 21.7 Å². The molecular weight excluding hydrogens is 289 g/mol. The minimum Gasteiger partial charge on any atom is -0.207 e. The van der Waals surface area contributed by atoms with Crippen LogP contribution in [0.3, 0.4) is 0 Å². The maximum Gasteiger partial charge on any atom is 0.241 e. The van der Waals surface area contributed by atoms with Gasteiger partial charge in [-0.05, 0) is 36.5 Å². The second kappa shape index (κ2) is 4.72. The van der Waals surface area contributed by atoms with Gasteiger partial charge in [0, 0.05) is 11.4 Å². The third-order valence-electron chi connectivity index (χ3n) is 3.89. The zero-order valence-corrected chi connectivity index (χ0v) is 12.6. The minimum absolute atomic E-state index is 0.0127. The van der Waals surface area contributed by atoms with Crippen molar-refractivity contribution in [2.24, 2.45) is 5.41 Å². The van der Waals surface area contributed by atoms with Crippen LogP contribution in [-0.4, -0.2) is 19.8 Å². The summed E-state index contributed by atoms with van der Waals surface area (Å²) in [7, 11) is -3.72. The van der Waals surface area contributed by atoms with Crippen molar-refractivity contribution in [3.63, 3.8) is 0 Å². The lowest BCUT2D eigenvalue weighted by molar-refractivity contribution is 0.137. The summed E-state index contributed by atoms with van der Waals surface area (Å²) in [6.07, 6.45) is 0.585. The van der Waals surface area contributed by atoms with Gasteiger partial charge >= 0.3 is 0 Å². The van der Waals surface area contributed by atoms with Crippen molar-refractivity contribution >= 4 is 21.6 Å². The number of aryl methyl sites for hydroxylation is 1. The first kappa shape index (κ1) is 14.8. The Bertz CT molecular complexity index is 601. The van der Waals surface area contributed by atoms with E-state index in [9.17, 15) is 12.8 Å². The summed E-state index contributed by atoms with van der Waals surface area (Å²) in [6.45, 7) is 5.48. The van der Waals surface area contributed by atoms with E-state index in [1.807, 2.05) is 13.8 Å². The molecule has 1 aromatic rings. The number of alkyl halides is 1. The van der Waals surface area contributed by atoms with E-state index < -0.39 is 15.8 Å². The van der Waals surface area contributed by atoms with Crippen LogP contribution in [0.4, 0.5) is 4.39 Å². The third kappa shape index (κ3) is 2.64. The number of hydrogen-bond acceptors (Lipinski definition) is 2. The molecule has 0 heterocycles. The smallest absolute Gasteiger partial charge is 0.207 e. The van der Waals surface area contributed by atoms with Gasteiger partial charge in [0.05, 0.1) is 4.90 Å². The molecule has 0 spiro atoms. The summed E-state index contributed by atoms with van der Waals surface area (Å²) in [5, 5.41) is -0.0474. The van der Waals surface area contributed by atoms with Crippen LogP contribution >= 0.6 is 11.6 Å². The zero-order valence-electron chi connectivity index (χ0n) is 11.1. The molecule has 0 aromatic heterocycles. The summed E-state index contributed by atoms with van der Waals surface area (Å²) in [5.74, 6) is -0.561. The molecular formula is C13H17ClFNO2S. The minimum atomic E-state index is -3.72. The fourth-order valence-electron chi connectivity index (χ4n) is 2.19. The molecule has 6 heteroatoms. The molecule has 0 saturated heterocycles. The molecule has 1 N–H and O–H groups in total. The largest absolute Gasteiger partial charge is 0.241 e. The molecule has 1 aliphatic rings. The molecule has 106 valence electrons. The lowest BCUT2D eigenvalue weighted by Crippen LogP contribution is -2.59. The van der Waals surface area contributed by atoms with Crippen LogP contribution in [-0.2, 0) is 10.0 Å². The van der Waals surface area contributed by atoms with Crippen molar-refractivity contribution in [2.45, 2.75) is 43.5 Å². The number of halogens is 2. The highest BCUT2D eigenvalue weighted by Crippen LogP contribution is 2.44. The molecule has 1 fully saturated rings. The van der Waals surface area contributed by atoms with Gasteiger partial charge in [-0.3, -0.25) is 0 Å². The van der Waals surface area contributed by atoms with E-state index in [1.165, 1.54) is 12.1 Å². The van der Waals surface area contributed by atoms with E-state index in [2.05, 4.69) is 4.72 Å². The van der Waals surface area contributed by atoms with Gasteiger partial charge in [0.1, 0.15) is 5.82 Å². The molecule has 1 saturated carbocycles. The predicted octanol–water partition coefficient (Wildman–Crippen LogP) is 2.82. The Balaban J connectivity index is 2.27. The van der Waals surface area contributed by atoms with Crippen LogP contribution in [0.2, 0.25) is 0 Å². The standard InChI is InChI=1S/C13H17ClFNO2S/c1-8-4-5-9(15)6-10(8)19(17,18)16-12-7-11(14)13(12,2)3/h4-6,11-12,16H,7H2,1-3H3. The molecule has 0 amide bonds. The molecule has 0 radical (unpaired) electrons. The van der Waals surface area contributed by atoms with Crippen LogP contribution in [0.25, 0.3) is 0 Å². The van der Waals surface area contributed by atoms with E-state index in [0.717, 1.165) is 6.07 Å². The third-order valence-corrected chi connectivity index (χ3v) is 6.24. The molecule has 2 unspecified atom stereocenters. The summed E-state index contributed by atoms with van der Waals surface area (Å²) in [6, 6.07) is 3.53. The highest BCUT2D eigenvalue weighted by Gasteiger charge is 2.48. The SMILES string of the molecule is Cc1ccc(F)cc1S(=O)(=O)NC1CC(Cl)C1(C)C. The van der Waals surface area contributed by atoms with Gasteiger partial charge in [-0.25, -0.2) is 17.5 Å². The van der Waals surface area contributed by atoms with Crippen molar-refractivity contribution in [1.82, 2.24) is 4.72 Å². The molecule has 2 atom stereocenters. The highest BCUT2D eigenvalue weighted by atomic mass is 35.5. The molecule has 2 rings (SSSR count). The Hall–Kier alpha value is -0.650. The van der Waals surface area contributed by atoms with E-state index in [4.69, 9.17) is 11.6 Å². The highest BCUT2D eigenvalue weighted by molar-refractivity contribution is 7.89. The summed E-state index contributed by atoms with van der Waals surface area (Å²) >= 11 is 6.07. The number of hydrogen-bond donors (Lipinski definition) is 1. The van der Waals surface area contributed by atoms with Gasteiger partial charge in [-0.1, -0.05) is 19.9 Å². The van der Waals surface area contributed by atoms with Crippen LogP contribution in [0.15, 0.2) is 23.1 Å². The van der Waals surface area contributed by atoms with Crippen molar-refractivity contribution in [2.75, 3.05) is 0 Å². The Morgan fingerprint density at radius 2 is 2.05 bits per heavy atom. The fourth-order valence-corrected chi connectivity index (χ4v) is 4.18. The van der Waals surface area contributed by atoms with Gasteiger partial charge in [0.2, 0.25) is 10.0 Å². The first-order valence-electron chi connectivity index (χ1n) is 6.07. The predicted molar refractivity (Wildman–Crippen MR) is 73.3 cm³/mol. The fraction of sp³-hybridized carbons (Fsp3) is 0.538. The van der Waals surface area contributed by atoms with Crippen molar-refractivity contribution in [3.05, 3.63) is 29.6 Å². The Labute approximate surface area is 118 Å². The zero-order chi connectivity index (χ0) is 14.4. The van der Waals surface area contributed by atoms with Crippen LogP contribution in [0.5, 0.6) is 0 Å². The monoisotopic (exact) mass is 305 g/mol. The molecule has 1 aromatic carbocycles. The van der Waals surface area contributed by atoms with Gasteiger partial charge in [-0.2, -0.15) is 0 Å². The normalized spacial score (nSPS) is 25.9. The number of rotatable bonds is 3. The first-order valence-corrected chi connectivity index (χ1v) is 7.99. The number of benzene rings is 1. The van der Waals surface area contributed by atoms with Gasteiger partial charge in [0.15, 0.2) is 0 Å². The summed E-state index contributed by atoms with van der Waals surface area (Å²) in [4.78, 5) is -0.0127. The van der Waals surface area contributed by atoms with Crippen molar-refractivity contribution < 1.29 is 12.8 Å². The average Bonchev–Trinajstić information content (AvgIpc) is 2.31. The van der Waals surface area contributed by atoms with Crippen molar-refractivity contribution in [3.8, 4) is 0 Å². The average molecular weight is 306 g/mol. The molecule has 0 aliphatic heterocycles.